The Balaban J connectivity index is 1.66. The van der Waals surface area contributed by atoms with Crippen LogP contribution in [0, 0.1) is 0 Å². The number of carbonyl (C=O) groups excluding carboxylic acids is 3. The van der Waals surface area contributed by atoms with Gasteiger partial charge >= 0.3 is 5.97 Å². The summed E-state index contributed by atoms with van der Waals surface area (Å²) in [6.07, 6.45) is 2.24. The van der Waals surface area contributed by atoms with Crippen molar-refractivity contribution in [3.63, 3.8) is 0 Å². The lowest BCUT2D eigenvalue weighted by Gasteiger charge is -2.32. The number of hydrogen-bond acceptors (Lipinski definition) is 15. The van der Waals surface area contributed by atoms with Crippen molar-refractivity contribution in [2.45, 2.75) is 70.3 Å². The SMILES string of the molecule is CC1(C)C(C=c2c(=O)c(=CC3N(CCCS(=O)(=O)O)c4ccc(C(=O)NCCCC(=O)O)cc4C3(C)C)c2=O)=[N+](CCCS(=O)(=O)O)c2cc(C(=O)NCCS(=O)(=O)O)cc(C(=O)NCCS(=O)(=O)O)c21. The van der Waals surface area contributed by atoms with Gasteiger partial charge in [-0.2, -0.15) is 38.2 Å². The molecule has 3 amide bonds. The highest BCUT2D eigenvalue weighted by Crippen LogP contribution is 2.47. The minimum atomic E-state index is -4.57. The van der Waals surface area contributed by atoms with Crippen molar-refractivity contribution in [1.29, 1.82) is 0 Å². The van der Waals surface area contributed by atoms with E-state index in [1.54, 1.807) is 44.7 Å². The van der Waals surface area contributed by atoms with Gasteiger partial charge in [0.1, 0.15) is 6.54 Å². The van der Waals surface area contributed by atoms with E-state index in [2.05, 4.69) is 16.0 Å². The van der Waals surface area contributed by atoms with Crippen LogP contribution in [0.3, 0.4) is 0 Å². The minimum Gasteiger partial charge on any atom is -0.481 e. The van der Waals surface area contributed by atoms with Gasteiger partial charge in [-0.3, -0.25) is 47.0 Å². The van der Waals surface area contributed by atoms with Gasteiger partial charge in [0, 0.05) is 73.4 Å². The first-order valence-corrected chi connectivity index (χ1v) is 28.2. The third-order valence-electron chi connectivity index (χ3n) is 12.1. The first kappa shape index (κ1) is 56.2. The van der Waals surface area contributed by atoms with Gasteiger partial charge in [-0.25, -0.2) is 0 Å². The van der Waals surface area contributed by atoms with E-state index in [0.29, 0.717) is 11.3 Å². The van der Waals surface area contributed by atoms with Crippen LogP contribution < -0.4 is 42.1 Å². The number of hydrogen-bond donors (Lipinski definition) is 8. The van der Waals surface area contributed by atoms with Gasteiger partial charge in [-0.1, -0.05) is 13.8 Å². The average molecular weight is 1070 g/mol. The molecule has 0 saturated carbocycles. The Morgan fingerprint density at radius 1 is 0.676 bits per heavy atom. The molecule has 71 heavy (non-hydrogen) atoms. The molecule has 0 bridgehead atoms. The van der Waals surface area contributed by atoms with Crippen LogP contribution in [-0.2, 0) is 56.1 Å². The summed E-state index contributed by atoms with van der Waals surface area (Å²) in [4.78, 5) is 81.6. The zero-order valence-electron chi connectivity index (χ0n) is 38.8. The van der Waals surface area contributed by atoms with E-state index in [4.69, 9.17) is 5.11 Å². The summed E-state index contributed by atoms with van der Waals surface area (Å²) in [5.41, 5.74) is -2.87. The number of fused-ring (bicyclic) bond motifs is 2. The van der Waals surface area contributed by atoms with Gasteiger partial charge in [-0.15, -0.1) is 0 Å². The molecule has 0 aromatic heterocycles. The van der Waals surface area contributed by atoms with Crippen molar-refractivity contribution >= 4 is 93.4 Å². The highest BCUT2D eigenvalue weighted by Gasteiger charge is 2.49. The smallest absolute Gasteiger partial charge is 0.303 e. The third kappa shape index (κ3) is 13.8. The Hall–Kier alpha value is -5.75. The number of nitrogens with zero attached hydrogens (tertiary/aromatic N) is 2. The topological polar surface area (TPSA) is 382 Å². The molecule has 0 spiro atoms. The predicted molar refractivity (Wildman–Crippen MR) is 258 cm³/mol. The molecule has 388 valence electrons. The molecule has 24 nitrogen and oxygen atoms in total. The molecule has 0 saturated heterocycles. The zero-order valence-corrected chi connectivity index (χ0v) is 42.1. The fourth-order valence-corrected chi connectivity index (χ4v) is 10.5. The molecular weight excluding hydrogens is 1020 g/mol. The van der Waals surface area contributed by atoms with Crippen molar-refractivity contribution in [1.82, 2.24) is 16.0 Å². The van der Waals surface area contributed by atoms with E-state index in [0.717, 1.165) is 6.07 Å². The number of amides is 3. The molecule has 1 unspecified atom stereocenters. The normalized spacial score (nSPS) is 16.3. The summed E-state index contributed by atoms with van der Waals surface area (Å²) in [5, 5.41) is 15.6. The number of nitrogens with one attached hydrogen (secondary N) is 3. The second-order valence-corrected chi connectivity index (χ2v) is 24.4. The number of anilines is 1. The molecular formula is C43H54N5O19S4+. The fourth-order valence-electron chi connectivity index (χ4n) is 8.76. The third-order valence-corrected chi connectivity index (χ3v) is 15.2. The molecule has 0 aliphatic carbocycles. The number of aliphatic carboxylic acids is 1. The fraction of sp³-hybridized carbons (Fsp3) is 0.465. The van der Waals surface area contributed by atoms with Crippen LogP contribution in [-0.4, -0.2) is 153 Å². The van der Waals surface area contributed by atoms with Gasteiger partial charge in [0.15, 0.2) is 5.71 Å². The number of carboxylic acids is 1. The molecule has 8 N–H and O–H groups in total. The van der Waals surface area contributed by atoms with E-state index in [-0.39, 0.29) is 89.4 Å². The molecule has 0 fully saturated rings. The summed E-state index contributed by atoms with van der Waals surface area (Å²) in [5.74, 6) is -6.68. The first-order chi connectivity index (χ1) is 32.6. The monoisotopic (exact) mass is 1070 g/mol. The molecule has 1 atom stereocenters. The Kier molecular flexibility index (Phi) is 16.7. The predicted octanol–water partition coefficient (Wildman–Crippen LogP) is -1.53. The Morgan fingerprint density at radius 2 is 1.21 bits per heavy atom. The average Bonchev–Trinajstić information content (AvgIpc) is 3.58. The van der Waals surface area contributed by atoms with Gasteiger partial charge in [-0.05, 0) is 62.6 Å². The van der Waals surface area contributed by atoms with Crippen LogP contribution in [0.5, 0.6) is 0 Å². The van der Waals surface area contributed by atoms with Crippen LogP contribution in [0.1, 0.15) is 95.6 Å². The highest BCUT2D eigenvalue weighted by molar-refractivity contribution is 7.86. The first-order valence-electron chi connectivity index (χ1n) is 21.8. The van der Waals surface area contributed by atoms with Crippen molar-refractivity contribution in [3.05, 3.63) is 89.0 Å². The molecule has 3 aromatic rings. The molecule has 0 radical (unpaired) electrons. The van der Waals surface area contributed by atoms with Crippen LogP contribution in [0.15, 0.2) is 39.9 Å². The molecule has 3 aromatic carbocycles. The Bertz CT molecular complexity index is 3340. The van der Waals surface area contributed by atoms with Gasteiger partial charge in [0.2, 0.25) is 16.5 Å². The lowest BCUT2D eigenvalue weighted by atomic mass is 9.77. The lowest BCUT2D eigenvalue weighted by Crippen LogP contribution is -2.66. The van der Waals surface area contributed by atoms with Gasteiger partial charge in [0.05, 0.1) is 56.0 Å². The van der Waals surface area contributed by atoms with Crippen molar-refractivity contribution in [3.8, 4) is 0 Å². The quantitative estimate of drug-likeness (QED) is 0.0303. The maximum atomic E-state index is 14.3. The summed E-state index contributed by atoms with van der Waals surface area (Å²) in [6, 6.07) is 6.22. The minimum absolute atomic E-state index is 0.00830. The highest BCUT2D eigenvalue weighted by atomic mass is 32.2. The number of carboxylic acid groups (broad SMARTS) is 1. The Morgan fingerprint density at radius 3 is 1.77 bits per heavy atom. The summed E-state index contributed by atoms with van der Waals surface area (Å²) in [6.45, 7) is 5.27. The lowest BCUT2D eigenvalue weighted by molar-refractivity contribution is -0.436. The van der Waals surface area contributed by atoms with Gasteiger partial charge < -0.3 is 26.0 Å². The molecule has 28 heteroatoms. The van der Waals surface area contributed by atoms with Crippen molar-refractivity contribution < 1.29 is 80.7 Å². The van der Waals surface area contributed by atoms with Crippen LogP contribution in [0.25, 0.3) is 12.2 Å². The summed E-state index contributed by atoms with van der Waals surface area (Å²) < 4.78 is 132. The number of carbonyl (C=O) groups is 4. The van der Waals surface area contributed by atoms with E-state index in [1.807, 2.05) is 0 Å². The molecule has 2 heterocycles. The van der Waals surface area contributed by atoms with E-state index < -0.39 is 128 Å². The maximum Gasteiger partial charge on any atom is 0.303 e. The molecule has 2 aliphatic heterocycles. The largest absolute Gasteiger partial charge is 0.481 e. The summed E-state index contributed by atoms with van der Waals surface area (Å²) in [7, 11) is -18.1. The molecule has 5 rings (SSSR count). The number of rotatable bonds is 23. The van der Waals surface area contributed by atoms with Gasteiger partial charge in [0.25, 0.3) is 58.2 Å². The van der Waals surface area contributed by atoms with E-state index in [1.165, 1.54) is 28.9 Å². The van der Waals surface area contributed by atoms with Crippen LogP contribution in [0.2, 0.25) is 0 Å². The second-order valence-electron chi connectivity index (χ2n) is 18.1. The number of benzene rings is 2. The Labute approximate surface area is 408 Å². The zero-order chi connectivity index (χ0) is 53.2. The summed E-state index contributed by atoms with van der Waals surface area (Å²) >= 11 is 0. The van der Waals surface area contributed by atoms with Crippen molar-refractivity contribution in [2.75, 3.05) is 60.6 Å². The molecule has 2 aliphatic rings. The van der Waals surface area contributed by atoms with E-state index >= 15 is 0 Å². The maximum absolute atomic E-state index is 14.3. The van der Waals surface area contributed by atoms with Crippen LogP contribution in [0.4, 0.5) is 11.4 Å². The standard InChI is InChI=1S/C43H53N5O19S4/c1-42(2)30-21-25(39(53)44-11-5-8-35(49)50)9-10-31(30)47(14-6-16-68(56,57)58)33(42)23-28-37(51)29(38(28)52)24-34-43(3,4)36-27(41(55)46-13-19-71(65,66)67)20-26(40(54)45-12-18-70(62,63)64)22-32(36)48(34)15-7-17-69(59,60)61/h9-10,20-24,33H,5-8,11-19H2,1-4H3,(H7-,44,45,46,49,50,53,54,55,56,57,58,59,60,61,62,63,64,65,66,67)/p+1. The van der Waals surface area contributed by atoms with Crippen LogP contribution >= 0.6 is 0 Å². The second kappa shape index (κ2) is 21.1. The van der Waals surface area contributed by atoms with E-state index in [9.17, 15) is 80.6 Å². The van der Waals surface area contributed by atoms with Crippen molar-refractivity contribution in [2.24, 2.45) is 0 Å².